The average molecular weight is 154 g/mol. The van der Waals surface area contributed by atoms with Crippen LogP contribution in [-0.2, 0) is 4.79 Å². The van der Waals surface area contributed by atoms with E-state index in [0.29, 0.717) is 11.5 Å². The molecule has 2 unspecified atom stereocenters. The van der Waals surface area contributed by atoms with Crippen molar-refractivity contribution in [3.8, 4) is 0 Å². The van der Waals surface area contributed by atoms with Crippen molar-refractivity contribution in [1.29, 1.82) is 0 Å². The zero-order chi connectivity index (χ0) is 8.43. The van der Waals surface area contributed by atoms with Crippen molar-refractivity contribution in [1.82, 2.24) is 0 Å². The molecular weight excluding hydrogens is 140 g/mol. The Balaban J connectivity index is 2.75. The highest BCUT2D eigenvalue weighted by Crippen LogP contribution is 2.29. The lowest BCUT2D eigenvalue weighted by Gasteiger charge is -2.25. The molecule has 0 saturated heterocycles. The zero-order valence-electron chi connectivity index (χ0n) is 7.00. The molecule has 2 atom stereocenters. The maximum absolute atomic E-state index is 11.3. The lowest BCUT2D eigenvalue weighted by Crippen LogP contribution is -2.26. The number of hydrogen-bond acceptors (Lipinski definition) is 2. The summed E-state index contributed by atoms with van der Waals surface area (Å²) < 4.78 is 0. The minimum Gasteiger partial charge on any atom is -0.515 e. The normalized spacial score (nSPS) is 36.2. The van der Waals surface area contributed by atoms with Crippen molar-refractivity contribution in [3.63, 3.8) is 0 Å². The Bertz CT molecular complexity index is 194. The van der Waals surface area contributed by atoms with Gasteiger partial charge in [0.05, 0.1) is 6.26 Å². The van der Waals surface area contributed by atoms with Gasteiger partial charge in [-0.25, -0.2) is 0 Å². The fraction of sp³-hybridized carbons (Fsp3) is 0.667. The van der Waals surface area contributed by atoms with Crippen LogP contribution in [0, 0.1) is 11.8 Å². The summed E-state index contributed by atoms with van der Waals surface area (Å²) in [6, 6.07) is 0. The Morgan fingerprint density at radius 2 is 2.18 bits per heavy atom. The highest BCUT2D eigenvalue weighted by molar-refractivity contribution is 5.97. The van der Waals surface area contributed by atoms with Gasteiger partial charge in [0.15, 0.2) is 5.78 Å². The highest BCUT2D eigenvalue weighted by Gasteiger charge is 2.28. The lowest BCUT2D eigenvalue weighted by atomic mass is 9.78. The summed E-state index contributed by atoms with van der Waals surface area (Å²) in [5, 5.41) is 8.68. The summed E-state index contributed by atoms with van der Waals surface area (Å²) in [7, 11) is 0. The van der Waals surface area contributed by atoms with Crippen molar-refractivity contribution in [2.24, 2.45) is 11.8 Å². The van der Waals surface area contributed by atoms with Gasteiger partial charge in [-0.2, -0.15) is 0 Å². The Morgan fingerprint density at radius 1 is 1.55 bits per heavy atom. The van der Waals surface area contributed by atoms with Crippen LogP contribution >= 0.6 is 0 Å². The van der Waals surface area contributed by atoms with E-state index in [1.165, 1.54) is 0 Å². The second kappa shape index (κ2) is 3.07. The number of carbonyl (C=O) groups is 1. The van der Waals surface area contributed by atoms with E-state index in [0.717, 1.165) is 19.1 Å². The summed E-state index contributed by atoms with van der Waals surface area (Å²) in [6.45, 7) is 4.01. The smallest absolute Gasteiger partial charge is 0.164 e. The van der Waals surface area contributed by atoms with E-state index in [1.54, 1.807) is 0 Å². The molecule has 0 aromatic rings. The summed E-state index contributed by atoms with van der Waals surface area (Å²) in [6.07, 6.45) is 2.71. The third kappa shape index (κ3) is 1.44. The second-order valence-corrected chi connectivity index (χ2v) is 3.32. The molecule has 1 rings (SSSR count). The molecule has 0 heterocycles. The first kappa shape index (κ1) is 8.31. The first-order chi connectivity index (χ1) is 5.16. The fourth-order valence-electron chi connectivity index (χ4n) is 1.44. The van der Waals surface area contributed by atoms with Crippen LogP contribution in [0.2, 0.25) is 0 Å². The van der Waals surface area contributed by atoms with E-state index < -0.39 is 0 Å². The molecule has 1 saturated carbocycles. The number of rotatable bonds is 0. The van der Waals surface area contributed by atoms with Crippen molar-refractivity contribution in [2.45, 2.75) is 26.7 Å². The molecule has 2 heteroatoms. The van der Waals surface area contributed by atoms with E-state index in [9.17, 15) is 4.79 Å². The topological polar surface area (TPSA) is 37.3 Å². The maximum atomic E-state index is 11.3. The van der Waals surface area contributed by atoms with Crippen LogP contribution in [0.25, 0.3) is 0 Å². The van der Waals surface area contributed by atoms with Gasteiger partial charge in [-0.1, -0.05) is 13.8 Å². The van der Waals surface area contributed by atoms with Crippen molar-refractivity contribution in [3.05, 3.63) is 11.8 Å². The lowest BCUT2D eigenvalue weighted by molar-refractivity contribution is -0.121. The summed E-state index contributed by atoms with van der Waals surface area (Å²) in [5.74, 6) is 0.666. The van der Waals surface area contributed by atoms with E-state index in [4.69, 9.17) is 5.11 Å². The van der Waals surface area contributed by atoms with Gasteiger partial charge in [0.25, 0.3) is 0 Å². The summed E-state index contributed by atoms with van der Waals surface area (Å²) >= 11 is 0. The Hall–Kier alpha value is -0.790. The number of Topliss-reactive ketones (excluding diaryl/α,β-unsaturated/α-hetero) is 1. The summed E-state index contributed by atoms with van der Waals surface area (Å²) in [5.41, 5.74) is 0.593. The van der Waals surface area contributed by atoms with E-state index in [2.05, 4.69) is 6.92 Å². The zero-order valence-corrected chi connectivity index (χ0v) is 7.00. The molecule has 0 aromatic heterocycles. The first-order valence-electron chi connectivity index (χ1n) is 4.04. The molecule has 1 aliphatic carbocycles. The largest absolute Gasteiger partial charge is 0.515 e. The minimum atomic E-state index is 0.0853. The molecule has 0 bridgehead atoms. The van der Waals surface area contributed by atoms with Crippen molar-refractivity contribution < 1.29 is 9.90 Å². The molecule has 0 amide bonds. The van der Waals surface area contributed by atoms with Gasteiger partial charge >= 0.3 is 0 Å². The highest BCUT2D eigenvalue weighted by atomic mass is 16.2. The molecule has 11 heavy (non-hydrogen) atoms. The number of hydrogen-bond donors (Lipinski definition) is 1. The third-order valence-electron chi connectivity index (χ3n) is 2.61. The SMILES string of the molecule is CC1CCC(=CO)C(=O)C1C. The van der Waals surface area contributed by atoms with Gasteiger partial charge in [-0.3, -0.25) is 4.79 Å². The number of aliphatic hydroxyl groups is 1. The van der Waals surface area contributed by atoms with Crippen LogP contribution in [0.15, 0.2) is 11.8 Å². The number of aliphatic hydroxyl groups excluding tert-OH is 1. The van der Waals surface area contributed by atoms with E-state index in [-0.39, 0.29) is 11.7 Å². The second-order valence-electron chi connectivity index (χ2n) is 3.32. The molecule has 1 aliphatic rings. The standard InChI is InChI=1S/C9H14O2/c1-6-3-4-8(5-10)9(11)7(6)2/h5-7,10H,3-4H2,1-2H3. The molecule has 0 aliphatic heterocycles. The van der Waals surface area contributed by atoms with Crippen LogP contribution in [0.4, 0.5) is 0 Å². The maximum Gasteiger partial charge on any atom is 0.164 e. The summed E-state index contributed by atoms with van der Waals surface area (Å²) in [4.78, 5) is 11.3. The van der Waals surface area contributed by atoms with Gasteiger partial charge in [-0.05, 0) is 18.8 Å². The van der Waals surface area contributed by atoms with Gasteiger partial charge in [-0.15, -0.1) is 0 Å². The molecule has 0 spiro atoms. The van der Waals surface area contributed by atoms with E-state index >= 15 is 0 Å². The third-order valence-corrected chi connectivity index (χ3v) is 2.61. The number of carbonyl (C=O) groups excluding carboxylic acids is 1. The molecule has 1 N–H and O–H groups in total. The molecule has 1 fully saturated rings. The average Bonchev–Trinajstić information content (AvgIpc) is 2.01. The predicted octanol–water partition coefficient (Wildman–Crippen LogP) is 2.06. The quantitative estimate of drug-likeness (QED) is 0.428. The van der Waals surface area contributed by atoms with Gasteiger partial charge in [0, 0.05) is 11.5 Å². The fourth-order valence-corrected chi connectivity index (χ4v) is 1.44. The monoisotopic (exact) mass is 154 g/mol. The molecule has 0 aromatic carbocycles. The van der Waals surface area contributed by atoms with Gasteiger partial charge in [0.1, 0.15) is 0 Å². The van der Waals surface area contributed by atoms with Crippen molar-refractivity contribution >= 4 is 5.78 Å². The number of ketones is 1. The van der Waals surface area contributed by atoms with Crippen LogP contribution in [0.3, 0.4) is 0 Å². The van der Waals surface area contributed by atoms with E-state index in [1.807, 2.05) is 6.92 Å². The van der Waals surface area contributed by atoms with Crippen LogP contribution in [0.5, 0.6) is 0 Å². The van der Waals surface area contributed by atoms with Crippen LogP contribution in [-0.4, -0.2) is 10.9 Å². The minimum absolute atomic E-state index is 0.0853. The molecule has 2 nitrogen and oxygen atoms in total. The Labute approximate surface area is 66.9 Å². The van der Waals surface area contributed by atoms with Crippen LogP contribution < -0.4 is 0 Å². The van der Waals surface area contributed by atoms with Gasteiger partial charge in [0.2, 0.25) is 0 Å². The predicted molar refractivity (Wildman–Crippen MR) is 43.3 cm³/mol. The molecular formula is C9H14O2. The van der Waals surface area contributed by atoms with Crippen LogP contribution in [0.1, 0.15) is 26.7 Å². The molecule has 0 radical (unpaired) electrons. The first-order valence-corrected chi connectivity index (χ1v) is 4.04. The Morgan fingerprint density at radius 3 is 2.73 bits per heavy atom. The van der Waals surface area contributed by atoms with Crippen molar-refractivity contribution in [2.75, 3.05) is 0 Å². The van der Waals surface area contributed by atoms with Gasteiger partial charge < -0.3 is 5.11 Å². The molecule has 62 valence electrons. The number of allylic oxidation sites excluding steroid dienone is 1. The Kier molecular flexibility index (Phi) is 2.32.